The molecule has 3 rings (SSSR count). The van der Waals surface area contributed by atoms with E-state index in [9.17, 15) is 9.59 Å². The maximum atomic E-state index is 12.8. The van der Waals surface area contributed by atoms with Gasteiger partial charge in [0.1, 0.15) is 5.75 Å². The number of methoxy groups -OCH3 is 1. The molecule has 1 N–H and O–H groups in total. The van der Waals surface area contributed by atoms with Crippen LogP contribution in [0.4, 0.5) is 5.69 Å². The molecule has 0 aliphatic carbocycles. The third-order valence-corrected chi connectivity index (χ3v) is 4.63. The Labute approximate surface area is 148 Å². The molecular weight excluding hydrogens is 330 g/mol. The van der Waals surface area contributed by atoms with Crippen molar-refractivity contribution in [2.45, 2.75) is 19.4 Å². The summed E-state index contributed by atoms with van der Waals surface area (Å²) >= 11 is 0. The maximum absolute atomic E-state index is 12.8. The summed E-state index contributed by atoms with van der Waals surface area (Å²) < 4.78 is 5.34. The van der Waals surface area contributed by atoms with Gasteiger partial charge >= 0.3 is 0 Å². The van der Waals surface area contributed by atoms with E-state index < -0.39 is 0 Å². The van der Waals surface area contributed by atoms with Gasteiger partial charge < -0.3 is 19.9 Å². The van der Waals surface area contributed by atoms with Crippen molar-refractivity contribution in [1.82, 2.24) is 10.2 Å². The van der Waals surface area contributed by atoms with E-state index in [1.54, 1.807) is 12.0 Å². The molecule has 0 saturated carbocycles. The normalized spacial score (nSPS) is 23.8. The Morgan fingerprint density at radius 2 is 2.08 bits per heavy atom. The minimum Gasteiger partial charge on any atom is -0.495 e. The molecule has 2 saturated heterocycles. The predicted octanol–water partition coefficient (Wildman–Crippen LogP) is 1.29. The molecule has 0 bridgehead atoms. The molecule has 2 amide bonds. The van der Waals surface area contributed by atoms with Crippen molar-refractivity contribution in [2.75, 3.05) is 38.2 Å². The number of amides is 2. The number of hydrogen-bond donors (Lipinski definition) is 1. The molecule has 1 aromatic carbocycles. The van der Waals surface area contributed by atoms with Gasteiger partial charge in [0.15, 0.2) is 0 Å². The van der Waals surface area contributed by atoms with E-state index in [2.05, 4.69) is 5.32 Å². The number of para-hydroxylation sites is 2. The second kappa shape index (κ2) is 7.85. The zero-order valence-corrected chi connectivity index (χ0v) is 14.8. The average Bonchev–Trinajstić information content (AvgIpc) is 2.96. The first kappa shape index (κ1) is 18.5. The summed E-state index contributed by atoms with van der Waals surface area (Å²) in [6.45, 7) is 4.79. The number of nitrogens with zero attached hydrogens (tertiary/aromatic N) is 2. The fourth-order valence-corrected chi connectivity index (χ4v) is 3.36. The first-order valence-electron chi connectivity index (χ1n) is 8.06. The second-order valence-corrected chi connectivity index (χ2v) is 6.16. The van der Waals surface area contributed by atoms with Gasteiger partial charge in [-0.05, 0) is 19.1 Å². The van der Waals surface area contributed by atoms with Crippen molar-refractivity contribution in [3.8, 4) is 5.75 Å². The highest BCUT2D eigenvalue weighted by Crippen LogP contribution is 2.33. The van der Waals surface area contributed by atoms with Crippen LogP contribution in [0.3, 0.4) is 0 Å². The molecule has 2 fully saturated rings. The summed E-state index contributed by atoms with van der Waals surface area (Å²) in [5.41, 5.74) is 0.739. The summed E-state index contributed by atoms with van der Waals surface area (Å²) in [7, 11) is 1.59. The molecule has 7 heteroatoms. The third kappa shape index (κ3) is 3.49. The van der Waals surface area contributed by atoms with E-state index in [0.717, 1.165) is 18.8 Å². The minimum atomic E-state index is -0.270. The van der Waals surface area contributed by atoms with Crippen molar-refractivity contribution >= 4 is 29.9 Å². The van der Waals surface area contributed by atoms with Gasteiger partial charge in [0.05, 0.1) is 18.7 Å². The number of ether oxygens (including phenoxy) is 1. The Morgan fingerprint density at radius 1 is 1.33 bits per heavy atom. The van der Waals surface area contributed by atoms with Gasteiger partial charge in [0.25, 0.3) is 0 Å². The summed E-state index contributed by atoms with van der Waals surface area (Å²) in [4.78, 5) is 28.8. The summed E-state index contributed by atoms with van der Waals surface area (Å²) in [5, 5.41) is 3.28. The van der Waals surface area contributed by atoms with Gasteiger partial charge in [0, 0.05) is 38.6 Å². The Hall–Kier alpha value is -1.79. The van der Waals surface area contributed by atoms with Crippen LogP contribution in [0.2, 0.25) is 0 Å². The lowest BCUT2D eigenvalue weighted by Gasteiger charge is -2.35. The van der Waals surface area contributed by atoms with Crippen molar-refractivity contribution in [1.29, 1.82) is 0 Å². The van der Waals surface area contributed by atoms with Crippen LogP contribution in [0.25, 0.3) is 0 Å². The van der Waals surface area contributed by atoms with Crippen LogP contribution in [-0.4, -0.2) is 56.0 Å². The van der Waals surface area contributed by atoms with Crippen LogP contribution in [0.1, 0.15) is 13.3 Å². The molecule has 2 heterocycles. The molecule has 0 radical (unpaired) electrons. The van der Waals surface area contributed by atoms with Gasteiger partial charge in [-0.3, -0.25) is 9.59 Å². The van der Waals surface area contributed by atoms with E-state index in [0.29, 0.717) is 18.8 Å². The Kier molecular flexibility index (Phi) is 6.07. The van der Waals surface area contributed by atoms with E-state index in [1.165, 1.54) is 0 Å². The number of carbonyl (C=O) groups excluding carboxylic acids is 2. The topological polar surface area (TPSA) is 61.9 Å². The Morgan fingerprint density at radius 3 is 2.79 bits per heavy atom. The third-order valence-electron chi connectivity index (χ3n) is 4.63. The highest BCUT2D eigenvalue weighted by atomic mass is 35.5. The highest BCUT2D eigenvalue weighted by molar-refractivity contribution is 6.01. The first-order valence-corrected chi connectivity index (χ1v) is 8.06. The number of nitrogens with one attached hydrogen (secondary N) is 1. The maximum Gasteiger partial charge on any atom is 0.228 e. The lowest BCUT2D eigenvalue weighted by atomic mass is 10.1. The molecule has 0 spiro atoms. The van der Waals surface area contributed by atoms with E-state index in [1.807, 2.05) is 36.1 Å². The fraction of sp³-hybridized carbons (Fsp3) is 0.529. The minimum absolute atomic E-state index is 0. The lowest BCUT2D eigenvalue weighted by Crippen LogP contribution is -2.54. The van der Waals surface area contributed by atoms with E-state index in [-0.39, 0.29) is 42.6 Å². The summed E-state index contributed by atoms with van der Waals surface area (Å²) in [6.07, 6.45) is 0.271. The molecular formula is C17H24ClN3O3. The van der Waals surface area contributed by atoms with Crippen molar-refractivity contribution in [3.05, 3.63) is 24.3 Å². The number of rotatable bonds is 3. The van der Waals surface area contributed by atoms with Crippen LogP contribution in [0.15, 0.2) is 24.3 Å². The van der Waals surface area contributed by atoms with Gasteiger partial charge in [-0.25, -0.2) is 0 Å². The fourth-order valence-electron chi connectivity index (χ4n) is 3.36. The number of carbonyl (C=O) groups is 2. The molecule has 2 aliphatic rings. The van der Waals surface area contributed by atoms with Crippen LogP contribution < -0.4 is 15.0 Å². The van der Waals surface area contributed by atoms with E-state index >= 15 is 0 Å². The molecule has 2 aliphatic heterocycles. The monoisotopic (exact) mass is 353 g/mol. The zero-order chi connectivity index (χ0) is 16.4. The molecule has 24 heavy (non-hydrogen) atoms. The van der Waals surface area contributed by atoms with Crippen LogP contribution in [0.5, 0.6) is 5.75 Å². The summed E-state index contributed by atoms with van der Waals surface area (Å²) in [6, 6.07) is 7.60. The Bertz CT molecular complexity index is 610. The number of halogens is 1. The number of benzene rings is 1. The van der Waals surface area contributed by atoms with Gasteiger partial charge in [-0.2, -0.15) is 0 Å². The molecule has 1 aromatic rings. The van der Waals surface area contributed by atoms with Gasteiger partial charge in [-0.1, -0.05) is 12.1 Å². The SMILES string of the molecule is COc1ccccc1N1CC(C(=O)N2CCNC[C@@H]2C)CC1=O.Cl. The molecule has 0 aromatic heterocycles. The number of hydrogen-bond acceptors (Lipinski definition) is 4. The standard InChI is InChI=1S/C17H23N3O3.ClH/c1-12-10-18-7-8-19(12)17(22)13-9-16(21)20(11-13)14-5-3-4-6-15(14)23-2;/h3-6,12-13,18H,7-11H2,1-2H3;1H/t12-,13?;/m0./s1. The van der Waals surface area contributed by atoms with Crippen molar-refractivity contribution in [2.24, 2.45) is 5.92 Å². The largest absolute Gasteiger partial charge is 0.495 e. The van der Waals surface area contributed by atoms with Crippen LogP contribution in [-0.2, 0) is 9.59 Å². The lowest BCUT2D eigenvalue weighted by molar-refractivity contribution is -0.138. The Balaban J connectivity index is 0.00000208. The number of anilines is 1. The quantitative estimate of drug-likeness (QED) is 0.889. The van der Waals surface area contributed by atoms with Gasteiger partial charge in [-0.15, -0.1) is 12.4 Å². The molecule has 6 nitrogen and oxygen atoms in total. The van der Waals surface area contributed by atoms with Crippen LogP contribution in [0, 0.1) is 5.92 Å². The first-order chi connectivity index (χ1) is 11.1. The smallest absolute Gasteiger partial charge is 0.228 e. The van der Waals surface area contributed by atoms with E-state index in [4.69, 9.17) is 4.74 Å². The van der Waals surface area contributed by atoms with Crippen molar-refractivity contribution in [3.63, 3.8) is 0 Å². The zero-order valence-electron chi connectivity index (χ0n) is 14.0. The molecule has 2 atom stereocenters. The van der Waals surface area contributed by atoms with Gasteiger partial charge in [0.2, 0.25) is 11.8 Å². The summed E-state index contributed by atoms with van der Waals surface area (Å²) in [5.74, 6) is 0.456. The highest BCUT2D eigenvalue weighted by Gasteiger charge is 2.39. The number of piperazine rings is 1. The predicted molar refractivity (Wildman–Crippen MR) is 94.7 cm³/mol. The van der Waals surface area contributed by atoms with Crippen molar-refractivity contribution < 1.29 is 14.3 Å². The molecule has 1 unspecified atom stereocenters. The molecule has 132 valence electrons. The second-order valence-electron chi connectivity index (χ2n) is 6.16. The van der Waals surface area contributed by atoms with Crippen LogP contribution >= 0.6 is 12.4 Å². The average molecular weight is 354 g/mol.